The van der Waals surface area contributed by atoms with Gasteiger partial charge >= 0.3 is 5.97 Å². The lowest BCUT2D eigenvalue weighted by Gasteiger charge is -2.20. The average Bonchev–Trinajstić information content (AvgIpc) is 2.91. The molecule has 2 rings (SSSR count). The number of hydrogen-bond donors (Lipinski definition) is 3. The Bertz CT molecular complexity index is 517. The number of carbonyl (C=O) groups excluding carboxylic acids is 1. The molecule has 1 saturated heterocycles. The Morgan fingerprint density at radius 2 is 2.00 bits per heavy atom. The van der Waals surface area contributed by atoms with Crippen molar-refractivity contribution >= 4 is 17.6 Å². The van der Waals surface area contributed by atoms with Crippen molar-refractivity contribution < 1.29 is 14.7 Å². The summed E-state index contributed by atoms with van der Waals surface area (Å²) >= 11 is 0. The number of carbonyl (C=O) groups is 2. The van der Waals surface area contributed by atoms with Crippen LogP contribution in [0.3, 0.4) is 0 Å². The van der Waals surface area contributed by atoms with Crippen LogP contribution in [-0.4, -0.2) is 30.1 Å². The Hall–Kier alpha value is -1.88. The molecular weight excluding hydrogens is 268 g/mol. The van der Waals surface area contributed by atoms with Crippen LogP contribution in [-0.2, 0) is 15.0 Å². The number of carboxylic acid groups (broad SMARTS) is 1. The van der Waals surface area contributed by atoms with Crippen LogP contribution in [0.25, 0.3) is 0 Å². The standard InChI is InChI=1S/C16H22N2O3/c1-16(2,15(20)21)12-3-5-13(6-4-12)18-14(19)9-11-7-8-17-10-11/h3-6,11,17H,7-10H2,1-2H3,(H,18,19)(H,20,21). The first kappa shape index (κ1) is 15.5. The number of benzene rings is 1. The molecule has 0 aliphatic carbocycles. The van der Waals surface area contributed by atoms with Gasteiger partial charge in [-0.2, -0.15) is 0 Å². The molecule has 1 aliphatic rings. The lowest BCUT2D eigenvalue weighted by Crippen LogP contribution is -2.28. The minimum Gasteiger partial charge on any atom is -0.481 e. The Balaban J connectivity index is 1.96. The number of hydrogen-bond acceptors (Lipinski definition) is 3. The summed E-state index contributed by atoms with van der Waals surface area (Å²) in [4.78, 5) is 23.1. The number of nitrogens with one attached hydrogen (secondary N) is 2. The molecule has 0 spiro atoms. The Morgan fingerprint density at radius 1 is 1.33 bits per heavy atom. The molecule has 1 aliphatic heterocycles. The van der Waals surface area contributed by atoms with Crippen molar-refractivity contribution in [2.24, 2.45) is 5.92 Å². The maximum Gasteiger partial charge on any atom is 0.313 e. The van der Waals surface area contributed by atoms with Crippen molar-refractivity contribution in [3.05, 3.63) is 29.8 Å². The van der Waals surface area contributed by atoms with Gasteiger partial charge < -0.3 is 15.7 Å². The summed E-state index contributed by atoms with van der Waals surface area (Å²) in [5.74, 6) is -0.447. The first-order valence-electron chi connectivity index (χ1n) is 7.24. The van der Waals surface area contributed by atoms with Crippen molar-refractivity contribution in [3.8, 4) is 0 Å². The molecule has 5 nitrogen and oxygen atoms in total. The molecule has 1 heterocycles. The van der Waals surface area contributed by atoms with Crippen LogP contribution in [0.1, 0.15) is 32.3 Å². The van der Waals surface area contributed by atoms with Gasteiger partial charge in [-0.1, -0.05) is 12.1 Å². The summed E-state index contributed by atoms with van der Waals surface area (Å²) < 4.78 is 0. The highest BCUT2D eigenvalue weighted by atomic mass is 16.4. The van der Waals surface area contributed by atoms with E-state index in [1.165, 1.54) is 0 Å². The van der Waals surface area contributed by atoms with E-state index in [0.29, 0.717) is 23.6 Å². The summed E-state index contributed by atoms with van der Waals surface area (Å²) in [5, 5.41) is 15.3. The first-order valence-corrected chi connectivity index (χ1v) is 7.24. The third-order valence-electron chi connectivity index (χ3n) is 4.06. The zero-order valence-corrected chi connectivity index (χ0v) is 12.5. The van der Waals surface area contributed by atoms with Gasteiger partial charge in [-0.3, -0.25) is 9.59 Å². The second-order valence-electron chi connectivity index (χ2n) is 6.12. The van der Waals surface area contributed by atoms with Crippen LogP contribution in [0, 0.1) is 5.92 Å². The Morgan fingerprint density at radius 3 is 2.52 bits per heavy atom. The van der Waals surface area contributed by atoms with E-state index in [1.807, 2.05) is 0 Å². The van der Waals surface area contributed by atoms with E-state index in [9.17, 15) is 14.7 Å². The lowest BCUT2D eigenvalue weighted by atomic mass is 9.85. The molecule has 114 valence electrons. The van der Waals surface area contributed by atoms with Crippen LogP contribution in [0.2, 0.25) is 0 Å². The topological polar surface area (TPSA) is 78.4 Å². The average molecular weight is 290 g/mol. The third kappa shape index (κ3) is 3.82. The Kier molecular flexibility index (Phi) is 4.63. The summed E-state index contributed by atoms with van der Waals surface area (Å²) in [6.07, 6.45) is 1.56. The van der Waals surface area contributed by atoms with Gasteiger partial charge in [0.25, 0.3) is 0 Å². The van der Waals surface area contributed by atoms with Gasteiger partial charge in [-0.05, 0) is 57.0 Å². The molecule has 3 N–H and O–H groups in total. The van der Waals surface area contributed by atoms with E-state index in [-0.39, 0.29) is 5.91 Å². The van der Waals surface area contributed by atoms with Crippen molar-refractivity contribution in [3.63, 3.8) is 0 Å². The molecule has 1 fully saturated rings. The predicted octanol–water partition coefficient (Wildman–Crippen LogP) is 1.99. The van der Waals surface area contributed by atoms with E-state index in [0.717, 1.165) is 19.5 Å². The van der Waals surface area contributed by atoms with Gasteiger partial charge in [0.1, 0.15) is 0 Å². The normalized spacial score (nSPS) is 18.5. The van der Waals surface area contributed by atoms with Crippen LogP contribution in [0.5, 0.6) is 0 Å². The minimum atomic E-state index is -0.932. The molecule has 0 aromatic heterocycles. The number of anilines is 1. The number of amides is 1. The van der Waals surface area contributed by atoms with Crippen LogP contribution >= 0.6 is 0 Å². The smallest absolute Gasteiger partial charge is 0.313 e. The summed E-state index contributed by atoms with van der Waals surface area (Å²) in [6, 6.07) is 7.01. The second kappa shape index (κ2) is 6.26. The molecule has 0 saturated carbocycles. The van der Waals surface area contributed by atoms with Crippen molar-refractivity contribution in [1.82, 2.24) is 5.32 Å². The molecule has 1 amide bonds. The largest absolute Gasteiger partial charge is 0.481 e. The minimum absolute atomic E-state index is 0.00828. The van der Waals surface area contributed by atoms with Gasteiger partial charge in [0.2, 0.25) is 5.91 Å². The van der Waals surface area contributed by atoms with Gasteiger partial charge in [-0.25, -0.2) is 0 Å². The SMILES string of the molecule is CC(C)(C(=O)O)c1ccc(NC(=O)CC2CCNC2)cc1. The molecule has 0 radical (unpaired) electrons. The van der Waals surface area contributed by atoms with Crippen molar-refractivity contribution in [2.75, 3.05) is 18.4 Å². The van der Waals surface area contributed by atoms with E-state index in [4.69, 9.17) is 0 Å². The molecule has 1 aromatic carbocycles. The van der Waals surface area contributed by atoms with Gasteiger partial charge in [0.15, 0.2) is 0 Å². The first-order chi connectivity index (χ1) is 9.89. The highest BCUT2D eigenvalue weighted by Crippen LogP contribution is 2.25. The van der Waals surface area contributed by atoms with Crippen LogP contribution in [0.4, 0.5) is 5.69 Å². The van der Waals surface area contributed by atoms with Crippen molar-refractivity contribution in [1.29, 1.82) is 0 Å². The van der Waals surface area contributed by atoms with Crippen LogP contribution < -0.4 is 10.6 Å². The molecule has 1 atom stereocenters. The van der Waals surface area contributed by atoms with Crippen LogP contribution in [0.15, 0.2) is 24.3 Å². The van der Waals surface area contributed by atoms with Gasteiger partial charge in [0, 0.05) is 12.1 Å². The highest BCUT2D eigenvalue weighted by Gasteiger charge is 2.29. The molecule has 1 unspecified atom stereocenters. The summed E-state index contributed by atoms with van der Waals surface area (Å²) in [5.41, 5.74) is 0.488. The Labute approximate surface area is 124 Å². The summed E-state index contributed by atoms with van der Waals surface area (Å²) in [6.45, 7) is 5.21. The lowest BCUT2D eigenvalue weighted by molar-refractivity contribution is -0.142. The maximum absolute atomic E-state index is 11.9. The molecule has 0 bridgehead atoms. The monoisotopic (exact) mass is 290 g/mol. The van der Waals surface area contributed by atoms with E-state index < -0.39 is 11.4 Å². The summed E-state index contributed by atoms with van der Waals surface area (Å²) in [7, 11) is 0. The van der Waals surface area contributed by atoms with E-state index in [2.05, 4.69) is 10.6 Å². The zero-order valence-electron chi connectivity index (χ0n) is 12.5. The molecular formula is C16H22N2O3. The fourth-order valence-corrected chi connectivity index (χ4v) is 2.46. The van der Waals surface area contributed by atoms with E-state index in [1.54, 1.807) is 38.1 Å². The number of rotatable bonds is 5. The quantitative estimate of drug-likeness (QED) is 0.775. The van der Waals surface area contributed by atoms with Gasteiger partial charge in [0.05, 0.1) is 5.41 Å². The number of carboxylic acids is 1. The highest BCUT2D eigenvalue weighted by molar-refractivity contribution is 5.91. The van der Waals surface area contributed by atoms with Gasteiger partial charge in [-0.15, -0.1) is 0 Å². The van der Waals surface area contributed by atoms with E-state index >= 15 is 0 Å². The second-order valence-corrected chi connectivity index (χ2v) is 6.12. The molecule has 21 heavy (non-hydrogen) atoms. The fraction of sp³-hybridized carbons (Fsp3) is 0.500. The maximum atomic E-state index is 11.9. The molecule has 1 aromatic rings. The number of aliphatic carboxylic acids is 1. The zero-order chi connectivity index (χ0) is 15.5. The molecule has 5 heteroatoms. The predicted molar refractivity (Wildman–Crippen MR) is 81.3 cm³/mol. The van der Waals surface area contributed by atoms with Crippen molar-refractivity contribution in [2.45, 2.75) is 32.1 Å². The fourth-order valence-electron chi connectivity index (χ4n) is 2.46. The third-order valence-corrected chi connectivity index (χ3v) is 4.06.